The van der Waals surface area contributed by atoms with Crippen LogP contribution in [-0.4, -0.2) is 20.4 Å². The summed E-state index contributed by atoms with van der Waals surface area (Å²) in [5.41, 5.74) is 3.57. The summed E-state index contributed by atoms with van der Waals surface area (Å²) in [5, 5.41) is 2.85. The Kier molecular flexibility index (Phi) is 3.70. The van der Waals surface area contributed by atoms with Gasteiger partial charge in [-0.05, 0) is 49.2 Å². The Morgan fingerprint density at radius 3 is 2.64 bits per heavy atom. The van der Waals surface area contributed by atoms with Crippen molar-refractivity contribution in [2.75, 3.05) is 5.32 Å². The number of rotatable bonds is 3. The van der Waals surface area contributed by atoms with Crippen LogP contribution in [0.2, 0.25) is 0 Å². The van der Waals surface area contributed by atoms with Gasteiger partial charge in [0.1, 0.15) is 12.1 Å². The molecule has 0 saturated heterocycles. The highest BCUT2D eigenvalue weighted by Crippen LogP contribution is 2.14. The van der Waals surface area contributed by atoms with Crippen molar-refractivity contribution in [1.82, 2.24) is 14.5 Å². The van der Waals surface area contributed by atoms with E-state index in [-0.39, 0.29) is 5.91 Å². The van der Waals surface area contributed by atoms with E-state index >= 15 is 0 Å². The van der Waals surface area contributed by atoms with Crippen LogP contribution < -0.4 is 5.32 Å². The van der Waals surface area contributed by atoms with Gasteiger partial charge in [-0.25, -0.2) is 9.97 Å². The van der Waals surface area contributed by atoms with Crippen molar-refractivity contribution in [3.8, 4) is 5.82 Å². The lowest BCUT2D eigenvalue weighted by Crippen LogP contribution is -2.12. The summed E-state index contributed by atoms with van der Waals surface area (Å²) in [4.78, 5) is 20.5. The van der Waals surface area contributed by atoms with Crippen LogP contribution in [0, 0.1) is 13.8 Å². The minimum absolute atomic E-state index is 0.139. The van der Waals surface area contributed by atoms with Crippen LogP contribution in [0.25, 0.3) is 5.82 Å². The lowest BCUT2D eigenvalue weighted by Gasteiger charge is -2.08. The molecular formula is C17H16N4O. The molecule has 0 aliphatic heterocycles. The Morgan fingerprint density at radius 1 is 1.14 bits per heavy atom. The van der Waals surface area contributed by atoms with Gasteiger partial charge >= 0.3 is 0 Å². The molecule has 5 nitrogen and oxygen atoms in total. The van der Waals surface area contributed by atoms with Gasteiger partial charge in [-0.1, -0.05) is 6.07 Å². The minimum atomic E-state index is -0.139. The molecular weight excluding hydrogens is 276 g/mol. The van der Waals surface area contributed by atoms with Crippen molar-refractivity contribution in [1.29, 1.82) is 0 Å². The summed E-state index contributed by atoms with van der Waals surface area (Å²) in [6, 6.07) is 9.31. The third kappa shape index (κ3) is 2.88. The number of pyridine rings is 1. The number of carbonyl (C=O) groups excluding carboxylic acids is 1. The number of anilines is 1. The average Bonchev–Trinajstić information content (AvgIpc) is 3.05. The highest BCUT2D eigenvalue weighted by atomic mass is 16.1. The zero-order valence-electron chi connectivity index (χ0n) is 12.4. The fourth-order valence-corrected chi connectivity index (χ4v) is 2.09. The summed E-state index contributed by atoms with van der Waals surface area (Å²) in [5.74, 6) is 0.613. The summed E-state index contributed by atoms with van der Waals surface area (Å²) in [7, 11) is 0. The summed E-state index contributed by atoms with van der Waals surface area (Å²) < 4.78 is 1.80. The van der Waals surface area contributed by atoms with Crippen LogP contribution in [0.15, 0.2) is 55.2 Å². The normalized spacial score (nSPS) is 10.5. The van der Waals surface area contributed by atoms with E-state index in [1.165, 1.54) is 5.56 Å². The van der Waals surface area contributed by atoms with E-state index in [0.717, 1.165) is 11.4 Å². The topological polar surface area (TPSA) is 59.8 Å². The standard InChI is InChI=1S/C17H16N4O/c1-12-3-4-14(9-13(12)2)17(22)20-15-5-6-16(19-10-15)21-8-7-18-11-21/h3-11H,1-2H3,(H,20,22). The fourth-order valence-electron chi connectivity index (χ4n) is 2.09. The molecule has 2 aromatic heterocycles. The lowest BCUT2D eigenvalue weighted by molar-refractivity contribution is 0.102. The maximum absolute atomic E-state index is 12.2. The molecule has 0 radical (unpaired) electrons. The maximum Gasteiger partial charge on any atom is 0.255 e. The molecule has 110 valence electrons. The second kappa shape index (κ2) is 5.81. The van der Waals surface area contributed by atoms with Crippen LogP contribution in [0.3, 0.4) is 0 Å². The first-order chi connectivity index (χ1) is 10.6. The first-order valence-corrected chi connectivity index (χ1v) is 6.96. The summed E-state index contributed by atoms with van der Waals surface area (Å²) in [6.07, 6.45) is 6.82. The highest BCUT2D eigenvalue weighted by Gasteiger charge is 2.07. The van der Waals surface area contributed by atoms with Crippen LogP contribution in [0.1, 0.15) is 21.5 Å². The van der Waals surface area contributed by atoms with Gasteiger partial charge in [0.15, 0.2) is 0 Å². The predicted octanol–water partition coefficient (Wildman–Crippen LogP) is 3.14. The number of aryl methyl sites for hydroxylation is 2. The maximum atomic E-state index is 12.2. The Labute approximate surface area is 128 Å². The minimum Gasteiger partial charge on any atom is -0.321 e. The van der Waals surface area contributed by atoms with Crippen molar-refractivity contribution in [2.24, 2.45) is 0 Å². The Hall–Kier alpha value is -2.95. The van der Waals surface area contributed by atoms with E-state index in [4.69, 9.17) is 0 Å². The van der Waals surface area contributed by atoms with Crippen molar-refractivity contribution in [2.45, 2.75) is 13.8 Å². The largest absolute Gasteiger partial charge is 0.321 e. The smallest absolute Gasteiger partial charge is 0.255 e. The quantitative estimate of drug-likeness (QED) is 0.806. The number of nitrogens with zero attached hydrogens (tertiary/aromatic N) is 3. The second-order valence-corrected chi connectivity index (χ2v) is 5.13. The lowest BCUT2D eigenvalue weighted by atomic mass is 10.1. The number of amides is 1. The number of imidazole rings is 1. The Morgan fingerprint density at radius 2 is 2.00 bits per heavy atom. The van der Waals surface area contributed by atoms with E-state index in [9.17, 15) is 4.79 Å². The molecule has 0 atom stereocenters. The van der Waals surface area contributed by atoms with Gasteiger partial charge in [0.25, 0.3) is 5.91 Å². The number of aromatic nitrogens is 3. The number of hydrogen-bond donors (Lipinski definition) is 1. The fraction of sp³-hybridized carbons (Fsp3) is 0.118. The summed E-state index contributed by atoms with van der Waals surface area (Å²) in [6.45, 7) is 4.02. The molecule has 0 spiro atoms. The second-order valence-electron chi connectivity index (χ2n) is 5.13. The SMILES string of the molecule is Cc1ccc(C(=O)Nc2ccc(-n3ccnc3)nc2)cc1C. The Bertz CT molecular complexity index is 792. The molecule has 5 heteroatoms. The molecule has 0 saturated carbocycles. The molecule has 1 N–H and O–H groups in total. The van der Waals surface area contributed by atoms with E-state index in [0.29, 0.717) is 11.3 Å². The third-order valence-electron chi connectivity index (χ3n) is 3.54. The molecule has 2 heterocycles. The van der Waals surface area contributed by atoms with Gasteiger partial charge in [0, 0.05) is 18.0 Å². The van der Waals surface area contributed by atoms with Crippen molar-refractivity contribution >= 4 is 11.6 Å². The molecule has 1 amide bonds. The van der Waals surface area contributed by atoms with Crippen molar-refractivity contribution in [3.63, 3.8) is 0 Å². The first-order valence-electron chi connectivity index (χ1n) is 6.96. The van der Waals surface area contributed by atoms with Gasteiger partial charge in [0.05, 0.1) is 11.9 Å². The van der Waals surface area contributed by atoms with Gasteiger partial charge in [0.2, 0.25) is 0 Å². The van der Waals surface area contributed by atoms with Crippen LogP contribution in [0.4, 0.5) is 5.69 Å². The van der Waals surface area contributed by atoms with E-state index < -0.39 is 0 Å². The number of nitrogens with one attached hydrogen (secondary N) is 1. The monoisotopic (exact) mass is 292 g/mol. The predicted molar refractivity (Wildman–Crippen MR) is 85.2 cm³/mol. The van der Waals surface area contributed by atoms with Crippen molar-refractivity contribution < 1.29 is 4.79 Å². The molecule has 22 heavy (non-hydrogen) atoms. The first kappa shape index (κ1) is 14.0. The van der Waals surface area contributed by atoms with E-state index in [2.05, 4.69) is 15.3 Å². The van der Waals surface area contributed by atoms with Gasteiger partial charge in [-0.15, -0.1) is 0 Å². The van der Waals surface area contributed by atoms with Crippen LogP contribution in [-0.2, 0) is 0 Å². The van der Waals surface area contributed by atoms with Gasteiger partial charge in [-0.2, -0.15) is 0 Å². The zero-order valence-corrected chi connectivity index (χ0v) is 12.4. The molecule has 1 aromatic carbocycles. The number of benzene rings is 1. The molecule has 0 aliphatic carbocycles. The molecule has 0 unspecified atom stereocenters. The summed E-state index contributed by atoms with van der Waals surface area (Å²) >= 11 is 0. The van der Waals surface area contributed by atoms with E-state index in [1.54, 1.807) is 23.3 Å². The average molecular weight is 292 g/mol. The van der Waals surface area contributed by atoms with Gasteiger partial charge < -0.3 is 5.32 Å². The van der Waals surface area contributed by atoms with Crippen LogP contribution >= 0.6 is 0 Å². The molecule has 0 bridgehead atoms. The number of hydrogen-bond acceptors (Lipinski definition) is 3. The third-order valence-corrected chi connectivity index (χ3v) is 3.54. The molecule has 0 aliphatic rings. The molecule has 3 rings (SSSR count). The van der Waals surface area contributed by atoms with Gasteiger partial charge in [-0.3, -0.25) is 9.36 Å². The van der Waals surface area contributed by atoms with Crippen LogP contribution in [0.5, 0.6) is 0 Å². The highest BCUT2D eigenvalue weighted by molar-refractivity contribution is 6.04. The van der Waals surface area contributed by atoms with Crippen molar-refractivity contribution in [3.05, 3.63) is 71.9 Å². The molecule has 0 fully saturated rings. The Balaban J connectivity index is 1.75. The molecule has 3 aromatic rings. The zero-order chi connectivity index (χ0) is 15.5. The number of carbonyl (C=O) groups is 1. The van der Waals surface area contributed by atoms with E-state index in [1.807, 2.05) is 50.4 Å².